The summed E-state index contributed by atoms with van der Waals surface area (Å²) >= 11 is 0. The van der Waals surface area contributed by atoms with Gasteiger partial charge in [-0.25, -0.2) is 0 Å². The third-order valence-corrected chi connectivity index (χ3v) is 6.87. The summed E-state index contributed by atoms with van der Waals surface area (Å²) in [5.41, 5.74) is 10.9. The van der Waals surface area contributed by atoms with Gasteiger partial charge in [0.2, 0.25) is 0 Å². The van der Waals surface area contributed by atoms with Gasteiger partial charge in [-0.3, -0.25) is 0 Å². The van der Waals surface area contributed by atoms with E-state index in [0.29, 0.717) is 0 Å². The molecule has 1 aromatic carbocycles. The van der Waals surface area contributed by atoms with Crippen molar-refractivity contribution in [2.24, 2.45) is 0 Å². The van der Waals surface area contributed by atoms with Gasteiger partial charge in [-0.15, -0.1) is 0 Å². The van der Waals surface area contributed by atoms with Crippen LogP contribution in [0.3, 0.4) is 0 Å². The minimum Gasteiger partial charge on any atom is -0.0654 e. The van der Waals surface area contributed by atoms with Crippen molar-refractivity contribution < 1.29 is 0 Å². The lowest BCUT2D eigenvalue weighted by Crippen LogP contribution is -2.15. The molecule has 0 aliphatic heterocycles. The molecule has 0 N–H and O–H groups in total. The third kappa shape index (κ3) is 8.39. The molecule has 0 amide bonds. The number of hydrogen-bond acceptors (Lipinski definition) is 0. The molecule has 0 unspecified atom stereocenters. The van der Waals surface area contributed by atoms with E-state index in [1.807, 2.05) is 33.4 Å². The highest BCUT2D eigenvalue weighted by molar-refractivity contribution is 5.53. The maximum absolute atomic E-state index is 2.36. The first kappa shape index (κ1) is 27.3. The molecule has 0 atom stereocenters. The van der Waals surface area contributed by atoms with E-state index in [0.717, 1.165) is 0 Å². The number of unbranched alkanes of at least 4 members (excludes halogenated alkanes) is 6. The maximum atomic E-state index is 2.36. The predicted octanol–water partition coefficient (Wildman–Crippen LogP) is 9.74. The molecule has 0 saturated heterocycles. The molecule has 0 aromatic heterocycles. The highest BCUT2D eigenvalue weighted by atomic mass is 14.3. The Morgan fingerprint density at radius 1 is 0.267 bits per heavy atom. The molecular formula is C30H54. The molecule has 0 heteroatoms. The van der Waals surface area contributed by atoms with Crippen molar-refractivity contribution in [3.8, 4) is 0 Å². The summed E-state index contributed by atoms with van der Waals surface area (Å²) in [4.78, 5) is 0. The molecule has 174 valence electrons. The molecular weight excluding hydrogens is 360 g/mol. The second kappa shape index (κ2) is 16.9. The molecule has 0 nitrogen and oxygen atoms in total. The average molecular weight is 415 g/mol. The van der Waals surface area contributed by atoms with Gasteiger partial charge in [-0.05, 0) is 110 Å². The van der Waals surface area contributed by atoms with Gasteiger partial charge in [-0.2, -0.15) is 0 Å². The van der Waals surface area contributed by atoms with Crippen molar-refractivity contribution >= 4 is 0 Å². The van der Waals surface area contributed by atoms with E-state index < -0.39 is 0 Å². The fourth-order valence-electron chi connectivity index (χ4n) is 5.02. The minimum atomic E-state index is 1.31. The Bertz CT molecular complexity index is 414. The first-order valence-electron chi connectivity index (χ1n) is 13.9. The van der Waals surface area contributed by atoms with Crippen LogP contribution in [-0.2, 0) is 38.5 Å². The van der Waals surface area contributed by atoms with Gasteiger partial charge in [0.25, 0.3) is 0 Å². The Labute approximate surface area is 190 Å². The quantitative estimate of drug-likeness (QED) is 0.224. The Balaban J connectivity index is 3.74. The van der Waals surface area contributed by atoms with Crippen molar-refractivity contribution in [3.63, 3.8) is 0 Å². The lowest BCUT2D eigenvalue weighted by molar-refractivity contribution is 0.684. The van der Waals surface area contributed by atoms with Gasteiger partial charge in [0.15, 0.2) is 0 Å². The first-order chi connectivity index (χ1) is 14.7. The van der Waals surface area contributed by atoms with Crippen molar-refractivity contribution in [3.05, 3.63) is 33.4 Å². The summed E-state index contributed by atoms with van der Waals surface area (Å²) < 4.78 is 0. The fourth-order valence-corrected chi connectivity index (χ4v) is 5.02. The van der Waals surface area contributed by atoms with Crippen molar-refractivity contribution in [2.75, 3.05) is 0 Å². The highest BCUT2D eigenvalue weighted by Gasteiger charge is 2.22. The Kier molecular flexibility index (Phi) is 15.3. The average Bonchev–Trinajstić information content (AvgIpc) is 2.76. The zero-order chi connectivity index (χ0) is 22.2. The van der Waals surface area contributed by atoms with Crippen LogP contribution in [0.2, 0.25) is 0 Å². The lowest BCUT2D eigenvalue weighted by atomic mass is 9.77. The molecule has 0 aliphatic carbocycles. The molecule has 0 saturated carbocycles. The van der Waals surface area contributed by atoms with Crippen LogP contribution in [0.15, 0.2) is 0 Å². The first-order valence-corrected chi connectivity index (χ1v) is 13.9. The molecule has 0 bridgehead atoms. The molecule has 1 rings (SSSR count). The lowest BCUT2D eigenvalue weighted by Gasteiger charge is -2.28. The topological polar surface area (TPSA) is 0 Å². The fraction of sp³-hybridized carbons (Fsp3) is 0.800. The standard InChI is InChI=1S/C30H54/c1-7-13-19-25-26(20-14-8-2)28(22-16-10-4)30(24-18-12-6)29(23-17-11-5)27(25)21-15-9-3/h7-24H2,1-6H3. The monoisotopic (exact) mass is 414 g/mol. The van der Waals surface area contributed by atoms with Gasteiger partial charge in [0.1, 0.15) is 0 Å². The van der Waals surface area contributed by atoms with Crippen LogP contribution in [-0.4, -0.2) is 0 Å². The molecule has 30 heavy (non-hydrogen) atoms. The summed E-state index contributed by atoms with van der Waals surface area (Å²) in [6.45, 7) is 14.2. The molecule has 0 fully saturated rings. The van der Waals surface area contributed by atoms with Gasteiger partial charge in [0, 0.05) is 0 Å². The van der Waals surface area contributed by atoms with E-state index in [1.54, 1.807) is 0 Å². The zero-order valence-corrected chi connectivity index (χ0v) is 21.7. The van der Waals surface area contributed by atoms with E-state index in [2.05, 4.69) is 41.5 Å². The molecule has 0 aliphatic rings. The van der Waals surface area contributed by atoms with Crippen LogP contribution in [0.1, 0.15) is 152 Å². The molecule has 1 aromatic rings. The molecule has 0 radical (unpaired) electrons. The summed E-state index contributed by atoms with van der Waals surface area (Å²) in [6.07, 6.45) is 23.9. The van der Waals surface area contributed by atoms with Crippen LogP contribution in [0.5, 0.6) is 0 Å². The van der Waals surface area contributed by atoms with Crippen LogP contribution in [0.25, 0.3) is 0 Å². The highest BCUT2D eigenvalue weighted by Crippen LogP contribution is 2.35. The number of rotatable bonds is 18. The van der Waals surface area contributed by atoms with E-state index in [1.165, 1.54) is 116 Å². The summed E-state index contributed by atoms with van der Waals surface area (Å²) in [5, 5.41) is 0. The Morgan fingerprint density at radius 3 is 0.500 bits per heavy atom. The Morgan fingerprint density at radius 2 is 0.400 bits per heavy atom. The smallest absolute Gasteiger partial charge is 0.0273 e. The molecule has 0 spiro atoms. The summed E-state index contributed by atoms with van der Waals surface area (Å²) in [7, 11) is 0. The summed E-state index contributed by atoms with van der Waals surface area (Å²) in [5.74, 6) is 0. The SMILES string of the molecule is CCCCc1c(CCCC)c(CCCC)c(CCCC)c(CCCC)c1CCCC. The van der Waals surface area contributed by atoms with Crippen LogP contribution in [0.4, 0.5) is 0 Å². The van der Waals surface area contributed by atoms with Gasteiger partial charge < -0.3 is 0 Å². The van der Waals surface area contributed by atoms with Crippen LogP contribution < -0.4 is 0 Å². The van der Waals surface area contributed by atoms with E-state index >= 15 is 0 Å². The number of hydrogen-bond donors (Lipinski definition) is 0. The van der Waals surface area contributed by atoms with Crippen molar-refractivity contribution in [2.45, 2.75) is 157 Å². The number of benzene rings is 1. The van der Waals surface area contributed by atoms with E-state index in [9.17, 15) is 0 Å². The van der Waals surface area contributed by atoms with Crippen molar-refractivity contribution in [1.29, 1.82) is 0 Å². The van der Waals surface area contributed by atoms with E-state index in [4.69, 9.17) is 0 Å². The summed E-state index contributed by atoms with van der Waals surface area (Å²) in [6, 6.07) is 0. The molecule has 0 heterocycles. The van der Waals surface area contributed by atoms with Crippen LogP contribution >= 0.6 is 0 Å². The minimum absolute atomic E-state index is 1.31. The van der Waals surface area contributed by atoms with E-state index in [-0.39, 0.29) is 0 Å². The van der Waals surface area contributed by atoms with Gasteiger partial charge >= 0.3 is 0 Å². The van der Waals surface area contributed by atoms with Gasteiger partial charge in [0.05, 0.1) is 0 Å². The zero-order valence-electron chi connectivity index (χ0n) is 21.7. The van der Waals surface area contributed by atoms with Gasteiger partial charge in [-0.1, -0.05) is 80.1 Å². The second-order valence-corrected chi connectivity index (χ2v) is 9.49. The normalized spacial score (nSPS) is 11.4. The largest absolute Gasteiger partial charge is 0.0654 e. The third-order valence-electron chi connectivity index (χ3n) is 6.87. The maximum Gasteiger partial charge on any atom is -0.0273 e. The second-order valence-electron chi connectivity index (χ2n) is 9.49. The Hall–Kier alpha value is -0.780. The van der Waals surface area contributed by atoms with Crippen LogP contribution in [0, 0.1) is 0 Å². The predicted molar refractivity (Wildman–Crippen MR) is 138 cm³/mol. The van der Waals surface area contributed by atoms with Crippen molar-refractivity contribution in [1.82, 2.24) is 0 Å².